The maximum Gasteiger partial charge on any atom is 0.305 e. The minimum atomic E-state index is -0.665. The predicted molar refractivity (Wildman–Crippen MR) is 352 cm³/mol. The van der Waals surface area contributed by atoms with Crippen molar-refractivity contribution >= 4 is 11.9 Å². The Morgan fingerprint density at radius 3 is 0.887 bits per heavy atom. The van der Waals surface area contributed by atoms with Crippen LogP contribution in [0.25, 0.3) is 0 Å². The van der Waals surface area contributed by atoms with Gasteiger partial charge in [-0.25, -0.2) is 0 Å². The standard InChI is InChI=1S/C74H143NO5/c1-3-5-7-9-11-13-15-17-19-21-32-35-38-42-46-50-54-58-62-66-72(77)71(70-76)75-73(78)67-63-59-55-51-47-43-39-36-33-30-28-26-24-22-23-25-27-29-31-34-37-41-45-49-53-57-61-65-69-80-74(79)68-64-60-56-52-48-44-40-20-18-16-14-12-10-8-6-4-2/h20,22-23,40,71-72,76-77H,3-19,21,24-39,41-70H2,1-2H3,(H,75,78)/b23-22-,40-20-. The molecule has 0 saturated heterocycles. The minimum Gasteiger partial charge on any atom is -0.466 e. The van der Waals surface area contributed by atoms with E-state index in [9.17, 15) is 19.8 Å². The molecule has 0 aliphatic heterocycles. The van der Waals surface area contributed by atoms with Gasteiger partial charge in [-0.2, -0.15) is 0 Å². The molecule has 474 valence electrons. The second kappa shape index (κ2) is 69.8. The first-order chi connectivity index (χ1) is 39.5. The Morgan fingerprint density at radius 1 is 0.338 bits per heavy atom. The van der Waals surface area contributed by atoms with Gasteiger partial charge in [0.1, 0.15) is 0 Å². The highest BCUT2D eigenvalue weighted by Gasteiger charge is 2.20. The Bertz CT molecular complexity index is 1250. The molecule has 0 aromatic carbocycles. The van der Waals surface area contributed by atoms with Crippen LogP contribution in [0.4, 0.5) is 0 Å². The molecule has 3 N–H and O–H groups in total. The van der Waals surface area contributed by atoms with Crippen molar-refractivity contribution in [2.45, 2.75) is 424 Å². The summed E-state index contributed by atoms with van der Waals surface area (Å²) in [6.07, 6.45) is 88.1. The van der Waals surface area contributed by atoms with Crippen molar-refractivity contribution in [2.24, 2.45) is 0 Å². The van der Waals surface area contributed by atoms with Gasteiger partial charge < -0.3 is 20.3 Å². The van der Waals surface area contributed by atoms with Crippen LogP contribution in [0.3, 0.4) is 0 Å². The average Bonchev–Trinajstić information content (AvgIpc) is 3.46. The summed E-state index contributed by atoms with van der Waals surface area (Å²) >= 11 is 0. The smallest absolute Gasteiger partial charge is 0.305 e. The number of hydrogen-bond acceptors (Lipinski definition) is 5. The molecule has 0 spiro atoms. The molecule has 6 nitrogen and oxygen atoms in total. The largest absolute Gasteiger partial charge is 0.466 e. The maximum absolute atomic E-state index is 12.5. The molecule has 0 rings (SSSR count). The van der Waals surface area contributed by atoms with Gasteiger partial charge in [-0.3, -0.25) is 9.59 Å². The van der Waals surface area contributed by atoms with Crippen molar-refractivity contribution in [3.05, 3.63) is 24.3 Å². The molecule has 2 unspecified atom stereocenters. The van der Waals surface area contributed by atoms with Crippen LogP contribution >= 0.6 is 0 Å². The number of amides is 1. The summed E-state index contributed by atoms with van der Waals surface area (Å²) < 4.78 is 5.50. The second-order valence-corrected chi connectivity index (χ2v) is 25.3. The molecule has 0 radical (unpaired) electrons. The minimum absolute atomic E-state index is 0.00931. The van der Waals surface area contributed by atoms with E-state index in [4.69, 9.17) is 4.74 Å². The Labute approximate surface area is 501 Å². The third kappa shape index (κ3) is 65.5. The number of aliphatic hydroxyl groups excluding tert-OH is 2. The molecule has 0 aliphatic carbocycles. The molecule has 0 saturated carbocycles. The Balaban J connectivity index is 3.37. The monoisotopic (exact) mass is 1130 g/mol. The molecule has 0 bridgehead atoms. The summed E-state index contributed by atoms with van der Waals surface area (Å²) in [5.41, 5.74) is 0. The van der Waals surface area contributed by atoms with Crippen molar-refractivity contribution < 1.29 is 24.5 Å². The van der Waals surface area contributed by atoms with Gasteiger partial charge in [-0.15, -0.1) is 0 Å². The van der Waals surface area contributed by atoms with E-state index >= 15 is 0 Å². The molecule has 1 amide bonds. The van der Waals surface area contributed by atoms with Gasteiger partial charge in [-0.1, -0.05) is 346 Å². The molecule has 0 aromatic rings. The number of nitrogens with one attached hydrogen (secondary N) is 1. The van der Waals surface area contributed by atoms with Gasteiger partial charge in [0, 0.05) is 12.8 Å². The summed E-state index contributed by atoms with van der Waals surface area (Å²) in [6.45, 7) is 4.99. The van der Waals surface area contributed by atoms with E-state index in [-0.39, 0.29) is 18.5 Å². The first-order valence-corrected chi connectivity index (χ1v) is 36.6. The van der Waals surface area contributed by atoms with E-state index in [0.29, 0.717) is 25.9 Å². The molecular weight excluding hydrogens is 983 g/mol. The molecule has 0 fully saturated rings. The zero-order valence-electron chi connectivity index (χ0n) is 54.3. The molecule has 0 aromatic heterocycles. The van der Waals surface area contributed by atoms with E-state index in [0.717, 1.165) is 44.9 Å². The number of rotatable bonds is 69. The van der Waals surface area contributed by atoms with E-state index in [2.05, 4.69) is 43.5 Å². The van der Waals surface area contributed by atoms with Crippen LogP contribution in [-0.4, -0.2) is 47.4 Å². The SMILES string of the molecule is CCCCCCCCC/C=C\CCCCCCCC(=O)OCCCCCCCCCCCCCC/C=C\CCCCCCCCCCCCCCC(=O)NC(CO)C(O)CCCCCCCCCCCCCCCCCCCCC. The first-order valence-electron chi connectivity index (χ1n) is 36.6. The summed E-state index contributed by atoms with van der Waals surface area (Å²) in [5.74, 6) is -0.0214. The number of ether oxygens (including phenoxy) is 1. The third-order valence-corrected chi connectivity index (χ3v) is 17.2. The Hall–Kier alpha value is -1.66. The van der Waals surface area contributed by atoms with Gasteiger partial charge in [0.25, 0.3) is 0 Å². The first kappa shape index (κ1) is 78.3. The lowest BCUT2D eigenvalue weighted by atomic mass is 10.0. The number of allylic oxidation sites excluding steroid dienone is 4. The van der Waals surface area contributed by atoms with Crippen LogP contribution in [0.1, 0.15) is 412 Å². The lowest BCUT2D eigenvalue weighted by molar-refractivity contribution is -0.143. The van der Waals surface area contributed by atoms with E-state index in [1.807, 2.05) is 0 Å². The summed E-state index contributed by atoms with van der Waals surface area (Å²) in [5, 5.41) is 23.4. The van der Waals surface area contributed by atoms with Crippen molar-refractivity contribution in [3.63, 3.8) is 0 Å². The van der Waals surface area contributed by atoms with E-state index < -0.39 is 12.1 Å². The fraction of sp³-hybridized carbons (Fsp3) is 0.919. The zero-order valence-corrected chi connectivity index (χ0v) is 54.3. The number of hydrogen-bond donors (Lipinski definition) is 3. The van der Waals surface area contributed by atoms with E-state index in [1.54, 1.807) is 0 Å². The summed E-state index contributed by atoms with van der Waals surface area (Å²) in [7, 11) is 0. The Kier molecular flexibility index (Phi) is 68.4. The normalized spacial score (nSPS) is 12.6. The van der Waals surface area contributed by atoms with Crippen LogP contribution in [0.5, 0.6) is 0 Å². The van der Waals surface area contributed by atoms with Crippen molar-refractivity contribution in [1.82, 2.24) is 5.32 Å². The number of esters is 1. The maximum atomic E-state index is 12.5. The highest BCUT2D eigenvalue weighted by Crippen LogP contribution is 2.19. The quantitative estimate of drug-likeness (QED) is 0.0320. The van der Waals surface area contributed by atoms with Crippen molar-refractivity contribution in [1.29, 1.82) is 0 Å². The summed E-state index contributed by atoms with van der Waals surface area (Å²) in [4.78, 5) is 24.6. The number of carbonyl (C=O) groups is 2. The van der Waals surface area contributed by atoms with Crippen LogP contribution in [-0.2, 0) is 14.3 Å². The number of aliphatic hydroxyl groups is 2. The van der Waals surface area contributed by atoms with Crippen LogP contribution < -0.4 is 5.32 Å². The van der Waals surface area contributed by atoms with Crippen molar-refractivity contribution in [2.75, 3.05) is 13.2 Å². The predicted octanol–water partition coefficient (Wildman–Crippen LogP) is 23.7. The van der Waals surface area contributed by atoms with Crippen LogP contribution in [0.2, 0.25) is 0 Å². The van der Waals surface area contributed by atoms with Crippen LogP contribution in [0.15, 0.2) is 24.3 Å². The van der Waals surface area contributed by atoms with Gasteiger partial charge >= 0.3 is 5.97 Å². The fourth-order valence-corrected chi connectivity index (χ4v) is 11.6. The van der Waals surface area contributed by atoms with Crippen molar-refractivity contribution in [3.8, 4) is 0 Å². The lowest BCUT2D eigenvalue weighted by Gasteiger charge is -2.22. The fourth-order valence-electron chi connectivity index (χ4n) is 11.6. The van der Waals surface area contributed by atoms with Crippen LogP contribution in [0, 0.1) is 0 Å². The highest BCUT2D eigenvalue weighted by atomic mass is 16.5. The van der Waals surface area contributed by atoms with E-state index in [1.165, 1.54) is 334 Å². The number of carbonyl (C=O) groups excluding carboxylic acids is 2. The average molecular weight is 1130 g/mol. The Morgan fingerprint density at radius 2 is 0.588 bits per heavy atom. The zero-order chi connectivity index (χ0) is 57.8. The molecule has 2 atom stereocenters. The van der Waals surface area contributed by atoms with Gasteiger partial charge in [-0.05, 0) is 77.0 Å². The van der Waals surface area contributed by atoms with Gasteiger partial charge in [0.05, 0.1) is 25.4 Å². The molecule has 6 heteroatoms. The topological polar surface area (TPSA) is 95.9 Å². The highest BCUT2D eigenvalue weighted by molar-refractivity contribution is 5.76. The lowest BCUT2D eigenvalue weighted by Crippen LogP contribution is -2.45. The molecular formula is C74H143NO5. The molecule has 0 heterocycles. The molecule has 80 heavy (non-hydrogen) atoms. The molecule has 0 aliphatic rings. The van der Waals surface area contributed by atoms with Gasteiger partial charge in [0.2, 0.25) is 5.91 Å². The summed E-state index contributed by atoms with van der Waals surface area (Å²) in [6, 6.07) is -0.542. The van der Waals surface area contributed by atoms with Gasteiger partial charge in [0.15, 0.2) is 0 Å². The third-order valence-electron chi connectivity index (χ3n) is 17.2. The second-order valence-electron chi connectivity index (χ2n) is 25.3. The number of unbranched alkanes of at least 4 members (excludes halogenated alkanes) is 54.